The van der Waals surface area contributed by atoms with Crippen molar-refractivity contribution in [3.8, 4) is 0 Å². The van der Waals surface area contributed by atoms with Gasteiger partial charge in [-0.05, 0) is 69.7 Å². The van der Waals surface area contributed by atoms with Gasteiger partial charge in [-0.25, -0.2) is 12.8 Å². The lowest BCUT2D eigenvalue weighted by molar-refractivity contribution is -0.140. The van der Waals surface area contributed by atoms with Crippen LogP contribution in [0.4, 0.5) is 10.1 Å². The number of amides is 2. The van der Waals surface area contributed by atoms with Crippen molar-refractivity contribution in [1.29, 1.82) is 0 Å². The largest absolute Gasteiger partial charge is 0.350 e. The Balaban J connectivity index is 2.04. The predicted octanol–water partition coefficient (Wildman–Crippen LogP) is 5.12. The molecule has 0 saturated heterocycles. The van der Waals surface area contributed by atoms with Gasteiger partial charge in [-0.3, -0.25) is 13.9 Å². The van der Waals surface area contributed by atoms with Crippen molar-refractivity contribution in [2.24, 2.45) is 0 Å². The Morgan fingerprint density at radius 2 is 1.61 bits per heavy atom. The maximum absolute atomic E-state index is 14.9. The van der Waals surface area contributed by atoms with Crippen molar-refractivity contribution in [2.45, 2.75) is 50.7 Å². The lowest BCUT2D eigenvalue weighted by Gasteiger charge is -2.33. The summed E-state index contributed by atoms with van der Waals surface area (Å²) in [7, 11) is -4.32. The molecule has 1 atom stereocenters. The summed E-state index contributed by atoms with van der Waals surface area (Å²) in [5.41, 5.74) is -0.0866. The van der Waals surface area contributed by atoms with Crippen molar-refractivity contribution in [3.05, 3.63) is 94.7 Å². The van der Waals surface area contributed by atoms with E-state index in [1.54, 1.807) is 37.3 Å². The number of anilines is 1. The average molecular weight is 605 g/mol. The van der Waals surface area contributed by atoms with Crippen LogP contribution in [-0.4, -0.2) is 43.3 Å². The van der Waals surface area contributed by atoms with Gasteiger partial charge in [-0.1, -0.05) is 58.4 Å². The molecule has 0 radical (unpaired) electrons. The third-order valence-electron chi connectivity index (χ3n) is 5.64. The van der Waals surface area contributed by atoms with Gasteiger partial charge >= 0.3 is 0 Å². The molecule has 7 nitrogen and oxygen atoms in total. The number of carbonyl (C=O) groups is 2. The highest BCUT2D eigenvalue weighted by Crippen LogP contribution is 2.27. The predicted molar refractivity (Wildman–Crippen MR) is 149 cm³/mol. The highest BCUT2D eigenvalue weighted by Gasteiger charge is 2.34. The second-order valence-electron chi connectivity index (χ2n) is 9.84. The Morgan fingerprint density at radius 1 is 0.974 bits per heavy atom. The van der Waals surface area contributed by atoms with Crippen LogP contribution in [0.25, 0.3) is 0 Å². The highest BCUT2D eigenvalue weighted by atomic mass is 79.9. The number of halogens is 2. The number of carbonyl (C=O) groups excluding carboxylic acids is 2. The van der Waals surface area contributed by atoms with Crippen molar-refractivity contribution < 1.29 is 22.4 Å². The summed E-state index contributed by atoms with van der Waals surface area (Å²) in [6.45, 7) is 6.38. The van der Waals surface area contributed by atoms with Crippen LogP contribution in [-0.2, 0) is 26.2 Å². The normalized spacial score (nSPS) is 12.5. The third-order valence-corrected chi connectivity index (χ3v) is 7.91. The van der Waals surface area contributed by atoms with Gasteiger partial charge in [0.05, 0.1) is 10.6 Å². The molecule has 202 valence electrons. The number of hydrogen-bond donors (Lipinski definition) is 1. The van der Waals surface area contributed by atoms with E-state index in [2.05, 4.69) is 21.2 Å². The minimum atomic E-state index is -4.32. The molecule has 0 aliphatic rings. The zero-order valence-electron chi connectivity index (χ0n) is 21.7. The first-order valence-corrected chi connectivity index (χ1v) is 14.2. The van der Waals surface area contributed by atoms with Gasteiger partial charge < -0.3 is 10.2 Å². The molecule has 0 aliphatic carbocycles. The zero-order valence-corrected chi connectivity index (χ0v) is 24.1. The van der Waals surface area contributed by atoms with Crippen LogP contribution < -0.4 is 9.62 Å². The van der Waals surface area contributed by atoms with E-state index >= 15 is 0 Å². The van der Waals surface area contributed by atoms with Crippen LogP contribution in [0.1, 0.15) is 33.3 Å². The summed E-state index contributed by atoms with van der Waals surface area (Å²) in [4.78, 5) is 28.1. The van der Waals surface area contributed by atoms with Crippen molar-refractivity contribution in [2.75, 3.05) is 10.8 Å². The monoisotopic (exact) mass is 603 g/mol. The number of para-hydroxylation sites is 1. The number of nitrogens with one attached hydrogen (secondary N) is 1. The number of nitrogens with zero attached hydrogens (tertiary/aromatic N) is 2. The molecule has 0 fully saturated rings. The van der Waals surface area contributed by atoms with Crippen LogP contribution >= 0.6 is 15.9 Å². The van der Waals surface area contributed by atoms with Gasteiger partial charge in [-0.15, -0.1) is 0 Å². The molecule has 3 aromatic rings. The molecule has 0 bridgehead atoms. The Kier molecular flexibility index (Phi) is 9.32. The van der Waals surface area contributed by atoms with E-state index in [1.807, 2.05) is 32.9 Å². The number of rotatable bonds is 9. The second kappa shape index (κ2) is 12.1. The molecule has 0 saturated carbocycles. The summed E-state index contributed by atoms with van der Waals surface area (Å²) in [6, 6.07) is 19.2. The van der Waals surface area contributed by atoms with E-state index in [0.717, 1.165) is 20.4 Å². The van der Waals surface area contributed by atoms with Crippen molar-refractivity contribution >= 4 is 43.5 Å². The molecule has 2 amide bonds. The first-order valence-electron chi connectivity index (χ1n) is 12.0. The Hall–Kier alpha value is -3.24. The molecular weight excluding hydrogens is 573 g/mol. The first kappa shape index (κ1) is 29.3. The molecule has 1 N–H and O–H groups in total. The quantitative estimate of drug-likeness (QED) is 0.368. The fourth-order valence-corrected chi connectivity index (χ4v) is 5.67. The van der Waals surface area contributed by atoms with Crippen molar-refractivity contribution in [3.63, 3.8) is 0 Å². The first-order chi connectivity index (χ1) is 17.8. The molecule has 1 unspecified atom stereocenters. The lowest BCUT2D eigenvalue weighted by atomic mass is 10.1. The SMILES string of the molecule is CC(C(=O)NC(C)(C)C)N(Cc1cccc(Br)c1)C(=O)CN(c1ccccc1F)S(=O)(=O)c1ccccc1. The molecule has 0 heterocycles. The van der Waals surface area contributed by atoms with Gasteiger partial charge in [0, 0.05) is 16.6 Å². The number of benzene rings is 3. The number of sulfonamides is 1. The Labute approximate surface area is 231 Å². The van der Waals surface area contributed by atoms with E-state index in [0.29, 0.717) is 0 Å². The standard InChI is InChI=1S/C28H31BrFN3O4S/c1-20(27(35)31-28(2,3)4)32(18-21-11-10-12-22(29)17-21)26(34)19-33(25-16-9-8-15-24(25)30)38(36,37)23-13-6-5-7-14-23/h5-17,20H,18-19H2,1-4H3,(H,31,35). The molecule has 10 heteroatoms. The second-order valence-corrected chi connectivity index (χ2v) is 12.6. The van der Waals surface area contributed by atoms with E-state index in [9.17, 15) is 22.4 Å². The van der Waals surface area contributed by atoms with Crippen LogP contribution in [0, 0.1) is 5.82 Å². The topological polar surface area (TPSA) is 86.8 Å². The average Bonchev–Trinajstić information content (AvgIpc) is 2.85. The maximum atomic E-state index is 14.9. The zero-order chi connectivity index (χ0) is 28.1. The summed E-state index contributed by atoms with van der Waals surface area (Å²) in [5, 5.41) is 2.87. The smallest absolute Gasteiger partial charge is 0.264 e. The van der Waals surface area contributed by atoms with E-state index < -0.39 is 45.8 Å². The van der Waals surface area contributed by atoms with Crippen LogP contribution in [0.15, 0.2) is 88.2 Å². The Bertz CT molecular complexity index is 1390. The van der Waals surface area contributed by atoms with E-state index in [-0.39, 0.29) is 17.1 Å². The van der Waals surface area contributed by atoms with Crippen LogP contribution in [0.5, 0.6) is 0 Å². The Morgan fingerprint density at radius 3 is 2.21 bits per heavy atom. The fourth-order valence-electron chi connectivity index (χ4n) is 3.78. The third kappa shape index (κ3) is 7.41. The van der Waals surface area contributed by atoms with Gasteiger partial charge in [0.25, 0.3) is 10.0 Å². The molecule has 0 aliphatic heterocycles. The molecule has 0 spiro atoms. The van der Waals surface area contributed by atoms with E-state index in [1.165, 1.54) is 35.2 Å². The molecule has 0 aromatic heterocycles. The van der Waals surface area contributed by atoms with Gasteiger partial charge in [0.15, 0.2) is 0 Å². The van der Waals surface area contributed by atoms with Crippen molar-refractivity contribution in [1.82, 2.24) is 10.2 Å². The summed E-state index contributed by atoms with van der Waals surface area (Å²) >= 11 is 3.41. The highest BCUT2D eigenvalue weighted by molar-refractivity contribution is 9.10. The molecule has 38 heavy (non-hydrogen) atoms. The molecular formula is C28H31BrFN3O4S. The minimum absolute atomic E-state index is 0.0352. The molecule has 3 aromatic carbocycles. The van der Waals surface area contributed by atoms with Gasteiger partial charge in [0.2, 0.25) is 11.8 Å². The lowest BCUT2D eigenvalue weighted by Crippen LogP contribution is -2.54. The molecule has 3 rings (SSSR count). The minimum Gasteiger partial charge on any atom is -0.350 e. The summed E-state index contributed by atoms with van der Waals surface area (Å²) in [5.74, 6) is -1.86. The van der Waals surface area contributed by atoms with Gasteiger partial charge in [-0.2, -0.15) is 0 Å². The number of hydrogen-bond acceptors (Lipinski definition) is 4. The fraction of sp³-hybridized carbons (Fsp3) is 0.286. The summed E-state index contributed by atoms with van der Waals surface area (Å²) in [6.07, 6.45) is 0. The van der Waals surface area contributed by atoms with Crippen LogP contribution in [0.3, 0.4) is 0 Å². The van der Waals surface area contributed by atoms with Crippen LogP contribution in [0.2, 0.25) is 0 Å². The maximum Gasteiger partial charge on any atom is 0.264 e. The van der Waals surface area contributed by atoms with Gasteiger partial charge in [0.1, 0.15) is 18.4 Å². The summed E-state index contributed by atoms with van der Waals surface area (Å²) < 4.78 is 43.7. The van der Waals surface area contributed by atoms with E-state index in [4.69, 9.17) is 0 Å².